The van der Waals surface area contributed by atoms with Gasteiger partial charge in [0.25, 0.3) is 0 Å². The van der Waals surface area contributed by atoms with Crippen molar-refractivity contribution in [3.05, 3.63) is 54.1 Å². The lowest BCUT2D eigenvalue weighted by atomic mass is 10.0. The first-order valence-electron chi connectivity index (χ1n) is 6.85. The zero-order valence-electron chi connectivity index (χ0n) is 11.4. The average molecular weight is 284 g/mol. The molecule has 3 N–H and O–H groups in total. The van der Waals surface area contributed by atoms with E-state index in [1.807, 2.05) is 30.3 Å². The lowest BCUT2D eigenvalue weighted by Crippen LogP contribution is -2.62. The number of imidazole rings is 1. The lowest BCUT2D eigenvalue weighted by molar-refractivity contribution is -0.136. The normalized spacial score (nSPS) is 21.7. The van der Waals surface area contributed by atoms with Crippen LogP contribution in [0.3, 0.4) is 0 Å². The van der Waals surface area contributed by atoms with Crippen molar-refractivity contribution in [2.75, 3.05) is 0 Å². The molecule has 1 aromatic carbocycles. The SMILES string of the molecule is O=C1N[C@@H](Cc2c[nH]cn2)C(=O)N[C@H]1Cc1ccccc1. The number of hydrogen-bond acceptors (Lipinski definition) is 3. The molecule has 3 rings (SSSR count). The van der Waals surface area contributed by atoms with E-state index in [-0.39, 0.29) is 11.8 Å². The molecule has 1 aliphatic rings. The Morgan fingerprint density at radius 1 is 0.952 bits per heavy atom. The van der Waals surface area contributed by atoms with Gasteiger partial charge in [-0.1, -0.05) is 30.3 Å². The Balaban J connectivity index is 1.64. The van der Waals surface area contributed by atoms with Gasteiger partial charge in [0.2, 0.25) is 11.8 Å². The predicted octanol–water partition coefficient (Wildman–Crippen LogP) is 0.178. The first-order valence-corrected chi connectivity index (χ1v) is 6.85. The van der Waals surface area contributed by atoms with Crippen LogP contribution in [0, 0.1) is 0 Å². The number of aromatic amines is 1. The molecule has 0 bridgehead atoms. The third kappa shape index (κ3) is 3.10. The molecule has 1 saturated heterocycles. The number of hydrogen-bond donors (Lipinski definition) is 3. The summed E-state index contributed by atoms with van der Waals surface area (Å²) in [5.74, 6) is -0.322. The molecule has 6 nitrogen and oxygen atoms in total. The van der Waals surface area contributed by atoms with E-state index in [0.29, 0.717) is 12.8 Å². The molecule has 0 saturated carbocycles. The molecule has 6 heteroatoms. The van der Waals surface area contributed by atoms with Gasteiger partial charge in [0.1, 0.15) is 12.1 Å². The molecule has 1 aliphatic heterocycles. The molecule has 0 spiro atoms. The number of nitrogens with zero attached hydrogens (tertiary/aromatic N) is 1. The molecule has 2 amide bonds. The third-order valence-electron chi connectivity index (χ3n) is 3.52. The molecule has 0 unspecified atom stereocenters. The van der Waals surface area contributed by atoms with Crippen molar-refractivity contribution in [3.63, 3.8) is 0 Å². The Morgan fingerprint density at radius 3 is 2.24 bits per heavy atom. The van der Waals surface area contributed by atoms with E-state index in [9.17, 15) is 9.59 Å². The summed E-state index contributed by atoms with van der Waals surface area (Å²) in [4.78, 5) is 31.1. The molecular weight excluding hydrogens is 268 g/mol. The topological polar surface area (TPSA) is 86.9 Å². The summed E-state index contributed by atoms with van der Waals surface area (Å²) in [5, 5.41) is 5.56. The van der Waals surface area contributed by atoms with Crippen LogP contribution in [0.5, 0.6) is 0 Å². The van der Waals surface area contributed by atoms with Gasteiger partial charge in [0.05, 0.1) is 12.0 Å². The number of piperazine rings is 1. The molecule has 2 aromatic rings. The monoisotopic (exact) mass is 284 g/mol. The maximum absolute atomic E-state index is 12.1. The maximum Gasteiger partial charge on any atom is 0.243 e. The summed E-state index contributed by atoms with van der Waals surface area (Å²) < 4.78 is 0. The van der Waals surface area contributed by atoms with Gasteiger partial charge in [0, 0.05) is 19.0 Å². The number of carbonyl (C=O) groups is 2. The van der Waals surface area contributed by atoms with E-state index in [1.54, 1.807) is 12.5 Å². The van der Waals surface area contributed by atoms with Crippen molar-refractivity contribution in [2.24, 2.45) is 0 Å². The maximum atomic E-state index is 12.1. The van der Waals surface area contributed by atoms with E-state index < -0.39 is 12.1 Å². The number of amides is 2. The fourth-order valence-corrected chi connectivity index (χ4v) is 2.42. The molecule has 2 atom stereocenters. The first-order chi connectivity index (χ1) is 10.2. The van der Waals surface area contributed by atoms with Gasteiger partial charge in [-0.15, -0.1) is 0 Å². The van der Waals surface area contributed by atoms with Crippen molar-refractivity contribution < 1.29 is 9.59 Å². The predicted molar refractivity (Wildman–Crippen MR) is 76.3 cm³/mol. The quantitative estimate of drug-likeness (QED) is 0.748. The van der Waals surface area contributed by atoms with Crippen LogP contribution < -0.4 is 10.6 Å². The van der Waals surface area contributed by atoms with Gasteiger partial charge in [0.15, 0.2) is 0 Å². The van der Waals surface area contributed by atoms with Gasteiger partial charge in [-0.3, -0.25) is 9.59 Å². The van der Waals surface area contributed by atoms with Gasteiger partial charge in [-0.2, -0.15) is 0 Å². The highest BCUT2D eigenvalue weighted by molar-refractivity contribution is 5.97. The van der Waals surface area contributed by atoms with Crippen molar-refractivity contribution >= 4 is 11.8 Å². The molecular formula is C15H16N4O2. The second-order valence-corrected chi connectivity index (χ2v) is 5.08. The van der Waals surface area contributed by atoms with Crippen LogP contribution in [0.25, 0.3) is 0 Å². The van der Waals surface area contributed by atoms with E-state index >= 15 is 0 Å². The van der Waals surface area contributed by atoms with Gasteiger partial charge >= 0.3 is 0 Å². The van der Waals surface area contributed by atoms with Crippen LogP contribution in [0.2, 0.25) is 0 Å². The fraction of sp³-hybridized carbons (Fsp3) is 0.267. The zero-order chi connectivity index (χ0) is 14.7. The summed E-state index contributed by atoms with van der Waals surface area (Å²) in [6.07, 6.45) is 4.15. The highest BCUT2D eigenvalue weighted by Crippen LogP contribution is 2.09. The third-order valence-corrected chi connectivity index (χ3v) is 3.52. The number of carbonyl (C=O) groups excluding carboxylic acids is 2. The second-order valence-electron chi connectivity index (χ2n) is 5.08. The minimum Gasteiger partial charge on any atom is -0.351 e. The molecule has 21 heavy (non-hydrogen) atoms. The molecule has 2 heterocycles. The fourth-order valence-electron chi connectivity index (χ4n) is 2.42. The standard InChI is InChI=1S/C15H16N4O2/c20-14-12(6-10-4-2-1-3-5-10)18-15(21)13(19-14)7-11-8-16-9-17-11/h1-5,8-9,12-13H,6-7H2,(H,16,17)(H,18,21)(H,19,20)/t12-,13-/m0/s1. The van der Waals surface area contributed by atoms with Crippen LogP contribution in [0.15, 0.2) is 42.9 Å². The van der Waals surface area contributed by atoms with Crippen LogP contribution in [0.1, 0.15) is 11.3 Å². The van der Waals surface area contributed by atoms with Gasteiger partial charge < -0.3 is 15.6 Å². The molecule has 1 fully saturated rings. The van der Waals surface area contributed by atoms with Crippen LogP contribution in [0.4, 0.5) is 0 Å². The van der Waals surface area contributed by atoms with Crippen molar-refractivity contribution in [2.45, 2.75) is 24.9 Å². The summed E-state index contributed by atoms with van der Waals surface area (Å²) in [7, 11) is 0. The Labute approximate surface area is 122 Å². The van der Waals surface area contributed by atoms with E-state index in [1.165, 1.54) is 0 Å². The number of benzene rings is 1. The van der Waals surface area contributed by atoms with Crippen LogP contribution >= 0.6 is 0 Å². The smallest absolute Gasteiger partial charge is 0.243 e. The van der Waals surface area contributed by atoms with Crippen molar-refractivity contribution in [3.8, 4) is 0 Å². The lowest BCUT2D eigenvalue weighted by Gasteiger charge is -2.29. The molecule has 1 aromatic heterocycles. The number of rotatable bonds is 4. The zero-order valence-corrected chi connectivity index (χ0v) is 11.4. The van der Waals surface area contributed by atoms with Crippen molar-refractivity contribution in [1.82, 2.24) is 20.6 Å². The Morgan fingerprint density at radius 2 is 1.62 bits per heavy atom. The minimum absolute atomic E-state index is 0.154. The number of aromatic nitrogens is 2. The Hall–Kier alpha value is -2.63. The molecule has 0 radical (unpaired) electrons. The summed E-state index contributed by atoms with van der Waals surface area (Å²) in [5.41, 5.74) is 1.76. The molecule has 0 aliphatic carbocycles. The summed E-state index contributed by atoms with van der Waals surface area (Å²) >= 11 is 0. The van der Waals surface area contributed by atoms with Crippen LogP contribution in [-0.4, -0.2) is 33.9 Å². The van der Waals surface area contributed by atoms with Crippen LogP contribution in [-0.2, 0) is 22.4 Å². The van der Waals surface area contributed by atoms with E-state index in [2.05, 4.69) is 20.6 Å². The number of H-pyrrole nitrogens is 1. The number of nitrogens with one attached hydrogen (secondary N) is 3. The highest BCUT2D eigenvalue weighted by atomic mass is 16.2. The van der Waals surface area contributed by atoms with Gasteiger partial charge in [-0.05, 0) is 5.56 Å². The highest BCUT2D eigenvalue weighted by Gasteiger charge is 2.33. The Kier molecular flexibility index (Phi) is 3.68. The largest absolute Gasteiger partial charge is 0.351 e. The second kappa shape index (κ2) is 5.78. The first kappa shape index (κ1) is 13.4. The van der Waals surface area contributed by atoms with E-state index in [4.69, 9.17) is 0 Å². The summed E-state index contributed by atoms with van der Waals surface area (Å²) in [6, 6.07) is 8.55. The summed E-state index contributed by atoms with van der Waals surface area (Å²) in [6.45, 7) is 0. The Bertz CT molecular complexity index is 624. The van der Waals surface area contributed by atoms with Crippen molar-refractivity contribution in [1.29, 1.82) is 0 Å². The average Bonchev–Trinajstić information content (AvgIpc) is 2.98. The molecule has 108 valence electrons. The van der Waals surface area contributed by atoms with Gasteiger partial charge in [-0.25, -0.2) is 4.98 Å². The van der Waals surface area contributed by atoms with E-state index in [0.717, 1.165) is 11.3 Å². The minimum atomic E-state index is -0.562.